The fourth-order valence-corrected chi connectivity index (χ4v) is 4.36. The van der Waals surface area contributed by atoms with Crippen LogP contribution < -0.4 is 0 Å². The fourth-order valence-electron chi connectivity index (χ4n) is 4.36. The van der Waals surface area contributed by atoms with Crippen molar-refractivity contribution in [3.05, 3.63) is 76.6 Å². The number of hydrogen-bond donors (Lipinski definition) is 0. The van der Waals surface area contributed by atoms with Crippen LogP contribution in [0.1, 0.15) is 30.0 Å². The van der Waals surface area contributed by atoms with E-state index in [0.29, 0.717) is 31.9 Å². The van der Waals surface area contributed by atoms with Crippen LogP contribution >= 0.6 is 0 Å². The monoisotopic (exact) mass is 437 g/mol. The van der Waals surface area contributed by atoms with Crippen LogP contribution in [0.15, 0.2) is 54.1 Å². The van der Waals surface area contributed by atoms with E-state index >= 15 is 0 Å². The second-order valence-corrected chi connectivity index (χ2v) is 8.54. The molecule has 0 unspecified atom stereocenters. The van der Waals surface area contributed by atoms with E-state index in [1.165, 1.54) is 12.1 Å². The third kappa shape index (κ3) is 4.38. The molecule has 0 spiro atoms. The maximum atomic E-state index is 13.2. The molecule has 0 radical (unpaired) electrons. The summed E-state index contributed by atoms with van der Waals surface area (Å²) in [6.45, 7) is 4.26. The number of rotatable bonds is 7. The Morgan fingerprint density at radius 2 is 1.78 bits per heavy atom. The van der Waals surface area contributed by atoms with Crippen molar-refractivity contribution in [2.75, 3.05) is 40.0 Å². The van der Waals surface area contributed by atoms with E-state index in [4.69, 9.17) is 9.47 Å². The van der Waals surface area contributed by atoms with Crippen LogP contribution in [0.3, 0.4) is 0 Å². The Bertz CT molecular complexity index is 1020. The summed E-state index contributed by atoms with van der Waals surface area (Å²) < 4.78 is 23.9. The summed E-state index contributed by atoms with van der Waals surface area (Å²) in [7, 11) is 1.99. The zero-order valence-corrected chi connectivity index (χ0v) is 18.5. The average Bonchev–Trinajstić information content (AvgIpc) is 2.75. The van der Waals surface area contributed by atoms with Gasteiger partial charge in [0.2, 0.25) is 0 Å². The van der Waals surface area contributed by atoms with E-state index in [-0.39, 0.29) is 24.0 Å². The highest BCUT2D eigenvalue weighted by atomic mass is 19.1. The number of ether oxygens (including phenoxy) is 2. The second-order valence-electron chi connectivity index (χ2n) is 8.54. The first-order valence-electron chi connectivity index (χ1n) is 11.0. The molecule has 2 aromatic rings. The number of halogens is 1. The molecule has 5 nitrogen and oxygen atoms in total. The number of hydrogen-bond acceptors (Lipinski definition) is 5. The van der Waals surface area contributed by atoms with Crippen molar-refractivity contribution in [1.29, 1.82) is 0 Å². The largest absolute Gasteiger partial charge is 0.463 e. The molecule has 0 atom stereocenters. The normalized spacial score (nSPS) is 18.2. The lowest BCUT2D eigenvalue weighted by Crippen LogP contribution is -2.53. The molecule has 168 valence electrons. The first-order chi connectivity index (χ1) is 15.4. The molecule has 0 N–H and O–H groups in total. The van der Waals surface area contributed by atoms with Gasteiger partial charge in [0.25, 0.3) is 0 Å². The zero-order chi connectivity index (χ0) is 22.7. The number of carbonyl (C=O) groups is 2. The minimum atomic E-state index is -0.682. The van der Waals surface area contributed by atoms with Crippen molar-refractivity contribution in [2.24, 2.45) is 0 Å². The summed E-state index contributed by atoms with van der Waals surface area (Å²) in [6, 6.07) is 13.9. The van der Waals surface area contributed by atoms with Crippen LogP contribution in [0.5, 0.6) is 0 Å². The minimum Gasteiger partial charge on any atom is -0.463 e. The van der Waals surface area contributed by atoms with Crippen LogP contribution in [-0.2, 0) is 30.9 Å². The Kier molecular flexibility index (Phi) is 6.53. The number of ketones is 1. The number of carbonyl (C=O) groups excluding carboxylic acids is 2. The molecule has 2 aliphatic rings. The molecule has 0 aromatic heterocycles. The molecule has 2 heterocycles. The van der Waals surface area contributed by atoms with Crippen molar-refractivity contribution in [2.45, 2.75) is 25.2 Å². The van der Waals surface area contributed by atoms with Gasteiger partial charge in [0, 0.05) is 19.5 Å². The maximum Gasteiger partial charge on any atom is 0.335 e. The van der Waals surface area contributed by atoms with E-state index in [9.17, 15) is 14.0 Å². The van der Waals surface area contributed by atoms with Gasteiger partial charge in [-0.15, -0.1) is 0 Å². The molecular formula is C26H28FNO4. The SMILES string of the molecule is CCOC(=O)C1=C(c2ccc(C3(C(=O)Cc4ccc(F)cc4)COC3)cc2)CCN(C)C1. The van der Waals surface area contributed by atoms with Gasteiger partial charge in [-0.25, -0.2) is 9.18 Å². The molecule has 32 heavy (non-hydrogen) atoms. The fraction of sp³-hybridized carbons (Fsp3) is 0.385. The van der Waals surface area contributed by atoms with Crippen molar-refractivity contribution in [3.8, 4) is 0 Å². The first-order valence-corrected chi connectivity index (χ1v) is 11.0. The molecule has 0 saturated carbocycles. The van der Waals surface area contributed by atoms with Gasteiger partial charge in [-0.1, -0.05) is 36.4 Å². The Labute approximate surface area is 187 Å². The summed E-state index contributed by atoms with van der Waals surface area (Å²) in [5, 5.41) is 0. The number of likely N-dealkylation sites (N-methyl/N-ethyl adjacent to an activating group) is 1. The molecule has 0 amide bonds. The van der Waals surface area contributed by atoms with Gasteiger partial charge in [0.1, 0.15) is 11.2 Å². The highest BCUT2D eigenvalue weighted by Gasteiger charge is 2.46. The van der Waals surface area contributed by atoms with Crippen LogP contribution in [-0.4, -0.2) is 56.6 Å². The highest BCUT2D eigenvalue weighted by molar-refractivity contribution is 5.99. The molecule has 4 rings (SSSR count). The number of nitrogens with zero attached hydrogens (tertiary/aromatic N) is 1. The zero-order valence-electron chi connectivity index (χ0n) is 18.5. The van der Waals surface area contributed by atoms with Crippen molar-refractivity contribution in [1.82, 2.24) is 4.90 Å². The Hall–Kier alpha value is -2.83. The predicted molar refractivity (Wildman–Crippen MR) is 120 cm³/mol. The van der Waals surface area contributed by atoms with Crippen molar-refractivity contribution < 1.29 is 23.5 Å². The molecule has 2 aromatic carbocycles. The summed E-state index contributed by atoms with van der Waals surface area (Å²) in [6.07, 6.45) is 0.998. The number of esters is 1. The molecular weight excluding hydrogens is 409 g/mol. The highest BCUT2D eigenvalue weighted by Crippen LogP contribution is 2.36. The maximum absolute atomic E-state index is 13.2. The van der Waals surface area contributed by atoms with Crippen LogP contribution in [0.25, 0.3) is 5.57 Å². The van der Waals surface area contributed by atoms with E-state index in [0.717, 1.165) is 35.2 Å². The molecule has 1 saturated heterocycles. The molecule has 0 aliphatic carbocycles. The summed E-state index contributed by atoms with van der Waals surface area (Å²) >= 11 is 0. The minimum absolute atomic E-state index is 0.0637. The van der Waals surface area contributed by atoms with Gasteiger partial charge in [-0.05, 0) is 54.8 Å². The van der Waals surface area contributed by atoms with Gasteiger partial charge in [-0.2, -0.15) is 0 Å². The third-order valence-electron chi connectivity index (χ3n) is 6.35. The second kappa shape index (κ2) is 9.35. The van der Waals surface area contributed by atoms with E-state index in [2.05, 4.69) is 4.90 Å². The van der Waals surface area contributed by atoms with E-state index in [1.807, 2.05) is 38.2 Å². The smallest absolute Gasteiger partial charge is 0.335 e. The lowest BCUT2D eigenvalue weighted by molar-refractivity contribution is -0.142. The first kappa shape index (κ1) is 22.4. The van der Waals surface area contributed by atoms with Crippen molar-refractivity contribution in [3.63, 3.8) is 0 Å². The van der Waals surface area contributed by atoms with Gasteiger partial charge in [0.15, 0.2) is 5.78 Å². The van der Waals surface area contributed by atoms with E-state index < -0.39 is 5.41 Å². The third-order valence-corrected chi connectivity index (χ3v) is 6.35. The quantitative estimate of drug-likeness (QED) is 0.620. The lowest BCUT2D eigenvalue weighted by atomic mass is 9.73. The van der Waals surface area contributed by atoms with Gasteiger partial charge in [0.05, 0.1) is 25.4 Å². The predicted octanol–water partition coefficient (Wildman–Crippen LogP) is 3.56. The van der Waals surface area contributed by atoms with Crippen molar-refractivity contribution >= 4 is 17.3 Å². The molecule has 2 aliphatic heterocycles. The van der Waals surface area contributed by atoms with Crippen LogP contribution in [0, 0.1) is 5.82 Å². The Morgan fingerprint density at radius 3 is 2.38 bits per heavy atom. The number of benzene rings is 2. The summed E-state index contributed by atoms with van der Waals surface area (Å²) in [4.78, 5) is 27.8. The topological polar surface area (TPSA) is 55.8 Å². The van der Waals surface area contributed by atoms with Crippen LogP contribution in [0.4, 0.5) is 4.39 Å². The van der Waals surface area contributed by atoms with E-state index in [1.54, 1.807) is 12.1 Å². The summed E-state index contributed by atoms with van der Waals surface area (Å²) in [5.74, 6) is -0.519. The lowest BCUT2D eigenvalue weighted by Gasteiger charge is -2.40. The van der Waals surface area contributed by atoms with Crippen LogP contribution in [0.2, 0.25) is 0 Å². The van der Waals surface area contributed by atoms with Gasteiger partial charge >= 0.3 is 5.97 Å². The van der Waals surface area contributed by atoms with Gasteiger partial charge in [-0.3, -0.25) is 4.79 Å². The molecule has 1 fully saturated rings. The average molecular weight is 438 g/mol. The molecule has 6 heteroatoms. The Balaban J connectivity index is 1.59. The summed E-state index contributed by atoms with van der Waals surface area (Å²) in [5.41, 5.74) is 3.69. The number of Topliss-reactive ketones (excluding diaryl/α,β-unsaturated/α-hetero) is 1. The Morgan fingerprint density at radius 1 is 1.09 bits per heavy atom. The van der Waals surface area contributed by atoms with Gasteiger partial charge < -0.3 is 14.4 Å². The molecule has 0 bridgehead atoms. The standard InChI is InChI=1S/C26H28FNO4/c1-3-32-25(30)23-15-28(2)13-12-22(23)19-6-8-20(9-7-19)26(16-31-17-26)24(29)14-18-4-10-21(27)11-5-18/h4-11H,3,12-17H2,1-2H3.